The van der Waals surface area contributed by atoms with Crippen molar-refractivity contribution in [2.75, 3.05) is 6.54 Å². The molecule has 0 aromatic heterocycles. The van der Waals surface area contributed by atoms with Crippen molar-refractivity contribution in [3.63, 3.8) is 0 Å². The first kappa shape index (κ1) is 15.1. The van der Waals surface area contributed by atoms with Crippen molar-refractivity contribution in [1.82, 2.24) is 5.32 Å². The monoisotopic (exact) mass is 267 g/mol. The van der Waals surface area contributed by atoms with Crippen LogP contribution >= 0.6 is 0 Å². The number of rotatable bonds is 8. The number of carbonyl (C=O) groups excluding carboxylic acids is 1. The van der Waals surface area contributed by atoms with Crippen LogP contribution in [0.15, 0.2) is 24.3 Å². The molecule has 0 aliphatic carbocycles. The minimum Gasteiger partial charge on any atom is -0.481 e. The van der Waals surface area contributed by atoms with Gasteiger partial charge in [-0.1, -0.05) is 25.0 Å². The summed E-state index contributed by atoms with van der Waals surface area (Å²) in [6, 6.07) is 5.84. The van der Waals surface area contributed by atoms with Crippen LogP contribution in [0.25, 0.3) is 0 Å². The highest BCUT2D eigenvalue weighted by molar-refractivity contribution is 5.94. The zero-order valence-electron chi connectivity index (χ0n) is 10.7. The van der Waals surface area contributed by atoms with Crippen LogP contribution in [0.3, 0.4) is 0 Å². The standard InChI is InChI=1S/C14H18FNO3/c15-12-8-5-4-7-11(12)14(19)16-10-6-2-1-3-9-13(17)18/h4-5,7-8H,1-3,6,9-10H2,(H,16,19)(H,17,18). The van der Waals surface area contributed by atoms with Gasteiger partial charge in [0, 0.05) is 13.0 Å². The number of carbonyl (C=O) groups is 2. The summed E-state index contributed by atoms with van der Waals surface area (Å²) in [7, 11) is 0. The summed E-state index contributed by atoms with van der Waals surface area (Å²) < 4.78 is 13.3. The zero-order valence-corrected chi connectivity index (χ0v) is 10.7. The van der Waals surface area contributed by atoms with Crippen molar-refractivity contribution in [1.29, 1.82) is 0 Å². The number of unbranched alkanes of at least 4 members (excludes halogenated alkanes) is 3. The van der Waals surface area contributed by atoms with E-state index in [-0.39, 0.29) is 12.0 Å². The second kappa shape index (κ2) is 8.24. The summed E-state index contributed by atoms with van der Waals surface area (Å²) >= 11 is 0. The molecule has 1 amide bonds. The lowest BCUT2D eigenvalue weighted by Crippen LogP contribution is -2.25. The van der Waals surface area contributed by atoms with Crippen LogP contribution in [-0.2, 0) is 4.79 Å². The van der Waals surface area contributed by atoms with Gasteiger partial charge >= 0.3 is 5.97 Å². The average molecular weight is 267 g/mol. The Morgan fingerprint density at radius 3 is 2.47 bits per heavy atom. The maximum atomic E-state index is 13.3. The van der Waals surface area contributed by atoms with E-state index in [0.717, 1.165) is 19.3 Å². The zero-order chi connectivity index (χ0) is 14.1. The molecule has 0 fully saturated rings. The highest BCUT2D eigenvalue weighted by atomic mass is 19.1. The third-order valence-corrected chi connectivity index (χ3v) is 2.72. The normalized spacial score (nSPS) is 10.2. The van der Waals surface area contributed by atoms with Gasteiger partial charge in [-0.15, -0.1) is 0 Å². The van der Waals surface area contributed by atoms with E-state index in [2.05, 4.69) is 5.32 Å². The summed E-state index contributed by atoms with van der Waals surface area (Å²) in [5.41, 5.74) is 0.0494. The molecule has 0 bridgehead atoms. The molecule has 0 saturated carbocycles. The molecule has 1 rings (SSSR count). The second-order valence-electron chi connectivity index (χ2n) is 4.29. The Labute approximate surface area is 111 Å². The van der Waals surface area contributed by atoms with Crippen molar-refractivity contribution in [3.8, 4) is 0 Å². The number of halogens is 1. The van der Waals surface area contributed by atoms with Crippen LogP contribution in [0.5, 0.6) is 0 Å². The maximum Gasteiger partial charge on any atom is 0.303 e. The fourth-order valence-corrected chi connectivity index (χ4v) is 1.70. The molecule has 0 atom stereocenters. The predicted octanol–water partition coefficient (Wildman–Crippen LogP) is 2.59. The van der Waals surface area contributed by atoms with Crippen molar-refractivity contribution in [3.05, 3.63) is 35.6 Å². The van der Waals surface area contributed by atoms with Crippen LogP contribution in [0.4, 0.5) is 4.39 Å². The predicted molar refractivity (Wildman–Crippen MR) is 69.5 cm³/mol. The molecule has 104 valence electrons. The molecule has 0 spiro atoms. The Morgan fingerprint density at radius 2 is 1.79 bits per heavy atom. The molecule has 0 radical (unpaired) electrons. The Bertz CT molecular complexity index is 434. The van der Waals surface area contributed by atoms with E-state index in [1.807, 2.05) is 0 Å². The van der Waals surface area contributed by atoms with E-state index in [1.54, 1.807) is 6.07 Å². The molecule has 5 heteroatoms. The number of nitrogens with one attached hydrogen (secondary N) is 1. The van der Waals surface area contributed by atoms with Gasteiger partial charge in [0.2, 0.25) is 0 Å². The van der Waals surface area contributed by atoms with Crippen molar-refractivity contribution >= 4 is 11.9 Å². The topological polar surface area (TPSA) is 66.4 Å². The maximum absolute atomic E-state index is 13.3. The number of carboxylic acid groups (broad SMARTS) is 1. The largest absolute Gasteiger partial charge is 0.481 e. The van der Waals surface area contributed by atoms with E-state index in [9.17, 15) is 14.0 Å². The lowest BCUT2D eigenvalue weighted by molar-refractivity contribution is -0.137. The van der Waals surface area contributed by atoms with Crippen LogP contribution in [0, 0.1) is 5.82 Å². The summed E-state index contributed by atoms with van der Waals surface area (Å²) in [6.07, 6.45) is 3.27. The number of hydrogen-bond donors (Lipinski definition) is 2. The van der Waals surface area contributed by atoms with E-state index in [1.165, 1.54) is 18.2 Å². The molecular weight excluding hydrogens is 249 g/mol. The minimum atomic E-state index is -0.784. The van der Waals surface area contributed by atoms with Gasteiger partial charge in [-0.05, 0) is 25.0 Å². The highest BCUT2D eigenvalue weighted by Gasteiger charge is 2.09. The fourth-order valence-electron chi connectivity index (χ4n) is 1.70. The first-order chi connectivity index (χ1) is 9.11. The van der Waals surface area contributed by atoms with E-state index in [0.29, 0.717) is 13.0 Å². The molecule has 0 unspecified atom stereocenters. The third kappa shape index (κ3) is 5.99. The van der Waals surface area contributed by atoms with Gasteiger partial charge < -0.3 is 10.4 Å². The van der Waals surface area contributed by atoms with E-state index >= 15 is 0 Å². The summed E-state index contributed by atoms with van der Waals surface area (Å²) in [6.45, 7) is 0.472. The smallest absolute Gasteiger partial charge is 0.303 e. The van der Waals surface area contributed by atoms with Crippen LogP contribution in [-0.4, -0.2) is 23.5 Å². The van der Waals surface area contributed by atoms with Gasteiger partial charge in [0.05, 0.1) is 5.56 Å². The average Bonchev–Trinajstić information content (AvgIpc) is 2.37. The molecule has 0 saturated heterocycles. The van der Waals surface area contributed by atoms with Crippen LogP contribution in [0.2, 0.25) is 0 Å². The van der Waals surface area contributed by atoms with Gasteiger partial charge in [-0.3, -0.25) is 9.59 Å². The number of hydrogen-bond acceptors (Lipinski definition) is 2. The number of benzene rings is 1. The number of aliphatic carboxylic acids is 1. The molecule has 19 heavy (non-hydrogen) atoms. The highest BCUT2D eigenvalue weighted by Crippen LogP contribution is 2.06. The lowest BCUT2D eigenvalue weighted by Gasteiger charge is -2.05. The van der Waals surface area contributed by atoms with E-state index < -0.39 is 17.7 Å². The Balaban J connectivity index is 2.15. The number of carboxylic acids is 1. The van der Waals surface area contributed by atoms with Gasteiger partial charge in [0.15, 0.2) is 0 Å². The van der Waals surface area contributed by atoms with Gasteiger partial charge in [-0.2, -0.15) is 0 Å². The summed E-state index contributed by atoms with van der Waals surface area (Å²) in [4.78, 5) is 21.9. The molecular formula is C14H18FNO3. The van der Waals surface area contributed by atoms with Gasteiger partial charge in [0.25, 0.3) is 5.91 Å². The lowest BCUT2D eigenvalue weighted by atomic mass is 10.1. The van der Waals surface area contributed by atoms with Gasteiger partial charge in [0.1, 0.15) is 5.82 Å². The van der Waals surface area contributed by atoms with Crippen molar-refractivity contribution in [2.24, 2.45) is 0 Å². The van der Waals surface area contributed by atoms with Crippen LogP contribution in [0.1, 0.15) is 42.5 Å². The molecule has 1 aromatic carbocycles. The number of amides is 1. The molecule has 4 nitrogen and oxygen atoms in total. The Hall–Kier alpha value is -1.91. The SMILES string of the molecule is O=C(O)CCCCCCNC(=O)c1ccccc1F. The fraction of sp³-hybridized carbons (Fsp3) is 0.429. The quantitative estimate of drug-likeness (QED) is 0.711. The summed E-state index contributed by atoms with van der Waals surface area (Å²) in [5.74, 6) is -1.72. The summed E-state index contributed by atoms with van der Waals surface area (Å²) in [5, 5.41) is 11.1. The third-order valence-electron chi connectivity index (χ3n) is 2.72. The molecule has 0 aliphatic rings. The Morgan fingerprint density at radius 1 is 1.11 bits per heavy atom. The molecule has 1 aromatic rings. The Kier molecular flexibility index (Phi) is 6.57. The van der Waals surface area contributed by atoms with Crippen molar-refractivity contribution < 1.29 is 19.1 Å². The molecule has 0 aliphatic heterocycles. The van der Waals surface area contributed by atoms with Gasteiger partial charge in [-0.25, -0.2) is 4.39 Å². The first-order valence-corrected chi connectivity index (χ1v) is 6.36. The first-order valence-electron chi connectivity index (χ1n) is 6.36. The van der Waals surface area contributed by atoms with E-state index in [4.69, 9.17) is 5.11 Å². The minimum absolute atomic E-state index is 0.0494. The van der Waals surface area contributed by atoms with Crippen molar-refractivity contribution in [2.45, 2.75) is 32.1 Å². The second-order valence-corrected chi connectivity index (χ2v) is 4.29. The van der Waals surface area contributed by atoms with Crippen LogP contribution < -0.4 is 5.32 Å². The molecule has 2 N–H and O–H groups in total. The molecule has 0 heterocycles.